The van der Waals surface area contributed by atoms with Gasteiger partial charge in [-0.3, -0.25) is 9.52 Å². The Labute approximate surface area is 153 Å². The zero-order valence-electron chi connectivity index (χ0n) is 14.9. The maximum Gasteiger partial charge on any atom is 0.262 e. The summed E-state index contributed by atoms with van der Waals surface area (Å²) < 4.78 is 37.7. The number of carbonyl (C=O) groups excluding carboxylic acids is 1. The average molecular weight is 378 g/mol. The van der Waals surface area contributed by atoms with Crippen molar-refractivity contribution in [2.24, 2.45) is 0 Å². The van der Waals surface area contributed by atoms with Crippen LogP contribution in [0.5, 0.6) is 5.75 Å². The third-order valence-corrected chi connectivity index (χ3v) is 5.00. The topological polar surface area (TPSA) is 93.7 Å². The molecule has 0 spiro atoms. The molecule has 2 N–H and O–H groups in total. The van der Waals surface area contributed by atoms with Crippen LogP contribution in [0, 0.1) is 6.92 Å². The second kappa shape index (κ2) is 8.68. The van der Waals surface area contributed by atoms with Crippen molar-refractivity contribution in [3.8, 4) is 5.75 Å². The van der Waals surface area contributed by atoms with E-state index < -0.39 is 10.0 Å². The van der Waals surface area contributed by atoms with E-state index in [0.717, 1.165) is 5.56 Å². The number of nitrogens with one attached hydrogen (secondary N) is 2. The molecule has 2 rings (SSSR count). The first-order valence-corrected chi connectivity index (χ1v) is 9.40. The van der Waals surface area contributed by atoms with E-state index in [1.54, 1.807) is 19.2 Å². The van der Waals surface area contributed by atoms with Crippen LogP contribution in [0.3, 0.4) is 0 Å². The minimum atomic E-state index is -3.81. The van der Waals surface area contributed by atoms with Gasteiger partial charge in [-0.15, -0.1) is 0 Å². The van der Waals surface area contributed by atoms with Crippen molar-refractivity contribution in [1.82, 2.24) is 5.32 Å². The second-order valence-electron chi connectivity index (χ2n) is 5.58. The number of methoxy groups -OCH3 is 2. The van der Waals surface area contributed by atoms with Gasteiger partial charge in [-0.05, 0) is 48.9 Å². The molecule has 0 aliphatic rings. The number of amides is 1. The number of anilines is 1. The molecule has 140 valence electrons. The number of carbonyl (C=O) groups is 1. The average Bonchev–Trinajstić information content (AvgIpc) is 2.62. The first-order chi connectivity index (χ1) is 12.4. The molecule has 0 saturated heterocycles. The molecular weight excluding hydrogens is 356 g/mol. The maximum absolute atomic E-state index is 12.6. The van der Waals surface area contributed by atoms with Crippen LogP contribution in [0.1, 0.15) is 15.9 Å². The second-order valence-corrected chi connectivity index (χ2v) is 7.26. The molecular formula is C18H22N2O5S. The number of rotatable bonds is 8. The van der Waals surface area contributed by atoms with Crippen LogP contribution in [0.15, 0.2) is 47.4 Å². The van der Waals surface area contributed by atoms with Gasteiger partial charge in [-0.2, -0.15) is 0 Å². The first-order valence-electron chi connectivity index (χ1n) is 7.92. The molecule has 2 aromatic rings. The van der Waals surface area contributed by atoms with E-state index in [0.29, 0.717) is 30.2 Å². The van der Waals surface area contributed by atoms with E-state index in [1.165, 1.54) is 31.4 Å². The molecule has 0 fully saturated rings. The van der Waals surface area contributed by atoms with Crippen molar-refractivity contribution in [2.75, 3.05) is 32.1 Å². The Morgan fingerprint density at radius 1 is 1.08 bits per heavy atom. The van der Waals surface area contributed by atoms with Crippen molar-refractivity contribution in [3.05, 3.63) is 53.6 Å². The molecule has 0 aliphatic carbocycles. The highest BCUT2D eigenvalue weighted by atomic mass is 32.2. The van der Waals surface area contributed by atoms with E-state index in [2.05, 4.69) is 10.0 Å². The van der Waals surface area contributed by atoms with Crippen LogP contribution in [0.25, 0.3) is 0 Å². The lowest BCUT2D eigenvalue weighted by atomic mass is 10.2. The van der Waals surface area contributed by atoms with E-state index in [9.17, 15) is 13.2 Å². The Bertz CT molecular complexity index is 864. The van der Waals surface area contributed by atoms with Gasteiger partial charge in [0.25, 0.3) is 15.9 Å². The third kappa shape index (κ3) is 4.96. The molecule has 8 heteroatoms. The fourth-order valence-electron chi connectivity index (χ4n) is 2.26. The number of sulfonamides is 1. The summed E-state index contributed by atoms with van der Waals surface area (Å²) in [6, 6.07) is 10.9. The summed E-state index contributed by atoms with van der Waals surface area (Å²) in [4.78, 5) is 12.0. The van der Waals surface area contributed by atoms with Crippen molar-refractivity contribution in [1.29, 1.82) is 0 Å². The lowest BCUT2D eigenvalue weighted by molar-refractivity contribution is 0.0937. The predicted octanol–water partition coefficient (Wildman–Crippen LogP) is 2.18. The number of ether oxygens (including phenoxy) is 2. The highest BCUT2D eigenvalue weighted by molar-refractivity contribution is 7.92. The summed E-state index contributed by atoms with van der Waals surface area (Å²) in [7, 11) is -0.792. The molecule has 0 radical (unpaired) electrons. The Hall–Kier alpha value is -2.58. The van der Waals surface area contributed by atoms with E-state index in [-0.39, 0.29) is 10.8 Å². The molecule has 26 heavy (non-hydrogen) atoms. The van der Waals surface area contributed by atoms with Gasteiger partial charge < -0.3 is 14.8 Å². The van der Waals surface area contributed by atoms with Crippen molar-refractivity contribution < 1.29 is 22.7 Å². The highest BCUT2D eigenvalue weighted by Gasteiger charge is 2.17. The molecule has 0 atom stereocenters. The van der Waals surface area contributed by atoms with Gasteiger partial charge in [0.05, 0.1) is 24.3 Å². The highest BCUT2D eigenvalue weighted by Crippen LogP contribution is 2.27. The zero-order valence-corrected chi connectivity index (χ0v) is 15.7. The predicted molar refractivity (Wildman–Crippen MR) is 99.2 cm³/mol. The van der Waals surface area contributed by atoms with Crippen LogP contribution in [-0.4, -0.2) is 41.7 Å². The molecule has 1 amide bonds. The Kier molecular flexibility index (Phi) is 6.59. The standard InChI is InChI=1S/C18H22N2O5S/c1-13-4-9-17(25-3)16(12-13)20-26(22,23)15-7-5-14(6-8-15)18(21)19-10-11-24-2/h4-9,12,20H,10-11H2,1-3H3,(H,19,21). The quantitative estimate of drug-likeness (QED) is 0.687. The number of aryl methyl sites for hydroxylation is 1. The molecule has 0 unspecified atom stereocenters. The monoisotopic (exact) mass is 378 g/mol. The lowest BCUT2D eigenvalue weighted by Crippen LogP contribution is -2.26. The van der Waals surface area contributed by atoms with Crippen molar-refractivity contribution >= 4 is 21.6 Å². The Balaban J connectivity index is 2.17. The van der Waals surface area contributed by atoms with E-state index in [4.69, 9.17) is 9.47 Å². The summed E-state index contributed by atoms with van der Waals surface area (Å²) in [6.45, 7) is 2.64. The summed E-state index contributed by atoms with van der Waals surface area (Å²) >= 11 is 0. The molecule has 0 bridgehead atoms. The van der Waals surface area contributed by atoms with Gasteiger partial charge in [0.1, 0.15) is 5.75 Å². The Morgan fingerprint density at radius 3 is 2.38 bits per heavy atom. The molecule has 7 nitrogen and oxygen atoms in total. The van der Waals surface area contributed by atoms with Gasteiger partial charge in [-0.1, -0.05) is 6.07 Å². The number of hydrogen-bond donors (Lipinski definition) is 2. The largest absolute Gasteiger partial charge is 0.495 e. The summed E-state index contributed by atoms with van der Waals surface area (Å²) in [5.74, 6) is 0.132. The first kappa shape index (κ1) is 19.7. The summed E-state index contributed by atoms with van der Waals surface area (Å²) in [6.07, 6.45) is 0. The fraction of sp³-hybridized carbons (Fsp3) is 0.278. The molecule has 0 aromatic heterocycles. The third-order valence-electron chi connectivity index (χ3n) is 3.62. The zero-order chi connectivity index (χ0) is 19.2. The van der Waals surface area contributed by atoms with Crippen molar-refractivity contribution in [2.45, 2.75) is 11.8 Å². The van der Waals surface area contributed by atoms with Crippen molar-refractivity contribution in [3.63, 3.8) is 0 Å². The van der Waals surface area contributed by atoms with E-state index >= 15 is 0 Å². The minimum Gasteiger partial charge on any atom is -0.495 e. The summed E-state index contributed by atoms with van der Waals surface area (Å²) in [5.41, 5.74) is 1.62. The van der Waals surface area contributed by atoms with Gasteiger partial charge in [0.2, 0.25) is 0 Å². The van der Waals surface area contributed by atoms with Gasteiger partial charge in [-0.25, -0.2) is 8.42 Å². The fourth-order valence-corrected chi connectivity index (χ4v) is 3.32. The normalized spacial score (nSPS) is 11.0. The molecule has 0 saturated carbocycles. The molecule has 0 aliphatic heterocycles. The van der Waals surface area contributed by atoms with Crippen LogP contribution in [-0.2, 0) is 14.8 Å². The van der Waals surface area contributed by atoms with E-state index in [1.807, 2.05) is 13.0 Å². The van der Waals surface area contributed by atoms with Gasteiger partial charge in [0, 0.05) is 19.2 Å². The molecule has 2 aromatic carbocycles. The number of hydrogen-bond acceptors (Lipinski definition) is 5. The van der Waals surface area contributed by atoms with Crippen LogP contribution < -0.4 is 14.8 Å². The van der Waals surface area contributed by atoms with Crippen LogP contribution >= 0.6 is 0 Å². The van der Waals surface area contributed by atoms with Crippen LogP contribution in [0.4, 0.5) is 5.69 Å². The lowest BCUT2D eigenvalue weighted by Gasteiger charge is -2.13. The SMILES string of the molecule is COCCNC(=O)c1ccc(S(=O)(=O)Nc2cc(C)ccc2OC)cc1. The van der Waals surface area contributed by atoms with Gasteiger partial charge in [0.15, 0.2) is 0 Å². The smallest absolute Gasteiger partial charge is 0.262 e. The Morgan fingerprint density at radius 2 is 1.77 bits per heavy atom. The van der Waals surface area contributed by atoms with Crippen LogP contribution in [0.2, 0.25) is 0 Å². The summed E-state index contributed by atoms with van der Waals surface area (Å²) in [5, 5.41) is 2.67. The van der Waals surface area contributed by atoms with Gasteiger partial charge >= 0.3 is 0 Å². The molecule has 0 heterocycles. The minimum absolute atomic E-state index is 0.0505. The maximum atomic E-state index is 12.6. The number of benzene rings is 2.